The molecule has 6 heteroatoms. The van der Waals surface area contributed by atoms with Gasteiger partial charge < -0.3 is 0 Å². The van der Waals surface area contributed by atoms with Crippen LogP contribution in [0.5, 0.6) is 0 Å². The van der Waals surface area contributed by atoms with Crippen LogP contribution in [-0.2, 0) is 0 Å². The summed E-state index contributed by atoms with van der Waals surface area (Å²) in [5.41, 5.74) is 0. The van der Waals surface area contributed by atoms with Crippen molar-refractivity contribution in [2.45, 2.75) is 0 Å². The molecular formula is BrClFK3. The van der Waals surface area contributed by atoms with Gasteiger partial charge in [0.1, 0.15) is 0 Å². The fourth-order valence-corrected chi connectivity index (χ4v) is 0. The van der Waals surface area contributed by atoms with Crippen molar-refractivity contribution in [2.75, 3.05) is 0 Å². The van der Waals surface area contributed by atoms with E-state index in [0.717, 1.165) is 45.4 Å². The molecule has 6 heavy (non-hydrogen) atoms. The molecule has 0 unspecified atom stereocenters. The van der Waals surface area contributed by atoms with Gasteiger partial charge in [0.2, 0.25) is 0 Å². The van der Waals surface area contributed by atoms with Gasteiger partial charge in [0.15, 0.2) is 0 Å². The molecule has 0 aromatic rings. The molecule has 0 heterocycles. The fraction of sp³-hybridized carbons (Fsp3) is 0. The summed E-state index contributed by atoms with van der Waals surface area (Å²) >= 11 is 0.972. The molecule has 0 radical (unpaired) electrons. The van der Waals surface area contributed by atoms with Gasteiger partial charge in [-0.1, -0.05) is 0 Å². The van der Waals surface area contributed by atoms with Crippen LogP contribution >= 0.6 is 10.4 Å². The van der Waals surface area contributed by atoms with Crippen molar-refractivity contribution < 1.29 is -0.211 Å². The molecule has 0 aliphatic rings. The molecule has 0 fully saturated rings. The van der Waals surface area contributed by atoms with Crippen LogP contribution in [0.3, 0.4) is 0 Å². The van der Waals surface area contributed by atoms with Crippen molar-refractivity contribution in [3.05, 3.63) is 0 Å². The third kappa shape index (κ3) is 22.6. The van der Waals surface area contributed by atoms with Crippen molar-refractivity contribution in [1.82, 2.24) is 0 Å². The first kappa shape index (κ1) is 17.6. The Morgan fingerprint density at radius 3 is 1.17 bits per heavy atom. The summed E-state index contributed by atoms with van der Waals surface area (Å²) < 4.78 is 14.5. The van der Waals surface area contributed by atoms with Crippen LogP contribution in [0.1, 0.15) is 0 Å². The van der Waals surface area contributed by atoms with Gasteiger partial charge in [0, 0.05) is 0 Å². The molecule has 0 aromatic heterocycles. The summed E-state index contributed by atoms with van der Waals surface area (Å²) in [7, 11) is 0. The first-order valence-electron chi connectivity index (χ1n) is 1.13. The maximum absolute atomic E-state index is 9.69. The summed E-state index contributed by atoms with van der Waals surface area (Å²) in [5.74, 6) is 0. The van der Waals surface area contributed by atoms with E-state index in [1.54, 1.807) is 0 Å². The van der Waals surface area contributed by atoms with Gasteiger partial charge in [-0.25, -0.2) is 0 Å². The fourth-order valence-electron chi connectivity index (χ4n) is 0. The Morgan fingerprint density at radius 1 is 1.17 bits per heavy atom. The molecule has 0 saturated heterocycles. The van der Waals surface area contributed by atoms with E-state index in [1.165, 1.54) is 0 Å². The molecule has 0 rings (SSSR count). The Kier molecular flexibility index (Phi) is 91.5. The Morgan fingerprint density at radius 2 is 1.17 bits per heavy atom. The molecular weight excluding hydrogens is 252 g/mol. The first-order chi connectivity index (χ1) is 3.00. The molecule has 0 aliphatic heterocycles. The molecule has 0 N–H and O–H groups in total. The van der Waals surface area contributed by atoms with E-state index in [1.807, 2.05) is 0 Å². The van der Waals surface area contributed by atoms with Crippen molar-refractivity contribution in [3.8, 4) is 0 Å². The maximum atomic E-state index is 9.69. The van der Waals surface area contributed by atoms with Gasteiger partial charge >= 0.3 is 153 Å². The first-order valence-corrected chi connectivity index (χ1v) is 14.3. The van der Waals surface area contributed by atoms with Gasteiger partial charge in [0.05, 0.1) is 0 Å². The van der Waals surface area contributed by atoms with Gasteiger partial charge in [-0.05, 0) is 0 Å². The van der Waals surface area contributed by atoms with Gasteiger partial charge in [-0.3, -0.25) is 0 Å². The van der Waals surface area contributed by atoms with E-state index in [2.05, 4.69) is 6.60 Å². The van der Waals surface area contributed by atoms with Crippen LogP contribution in [0.15, 0.2) is 0 Å². The zero-order chi connectivity index (χ0) is 6.00. The van der Waals surface area contributed by atoms with Crippen molar-refractivity contribution in [2.24, 2.45) is 0 Å². The Bertz CT molecular complexity index is 10.8. The molecule has 0 spiro atoms. The van der Waals surface area contributed by atoms with Crippen molar-refractivity contribution in [1.29, 1.82) is 0 Å². The van der Waals surface area contributed by atoms with Crippen LogP contribution < -0.4 is 0 Å². The summed E-state index contributed by atoms with van der Waals surface area (Å²) in [6.07, 6.45) is 0. The predicted octanol–water partition coefficient (Wildman–Crippen LogP) is 0.813. The zero-order valence-corrected chi connectivity index (χ0v) is 15.8. The topological polar surface area (TPSA) is 0 Å². The SMILES string of the molecule is [Cl][K].[F][K].[K][Br]. The third-order valence-electron chi connectivity index (χ3n) is 0. The molecule has 24 valence electrons. The number of hydrogen-bond acceptors (Lipinski definition) is 0. The molecule has 0 nitrogen and oxygen atoms in total. The van der Waals surface area contributed by atoms with E-state index in [-0.39, 0.29) is 0 Å². The second-order valence-corrected chi connectivity index (χ2v) is 0. The Labute approximate surface area is 146 Å². The minimum absolute atomic E-state index is 0.438. The quantitative estimate of drug-likeness (QED) is 0.559. The number of rotatable bonds is 0. The molecule has 0 bridgehead atoms. The average molecular weight is 252 g/mol. The molecule has 0 saturated carbocycles. The third-order valence-corrected chi connectivity index (χ3v) is 0. The molecule has 0 amide bonds. The van der Waals surface area contributed by atoms with E-state index < -0.39 is 49.9 Å². The van der Waals surface area contributed by atoms with E-state index in [4.69, 9.17) is 3.76 Å². The predicted molar refractivity (Wildman–Crippen MR) is 33.1 cm³/mol. The second kappa shape index (κ2) is 31.1. The standard InChI is InChI=1S/BrH.ClH.FH.3K/h3*1H;;;/q;;;3*+1/p-3. The summed E-state index contributed by atoms with van der Waals surface area (Å²) in [5, 5.41) is 0. The van der Waals surface area contributed by atoms with Crippen molar-refractivity contribution in [3.63, 3.8) is 0 Å². The number of halogens is 3. The van der Waals surface area contributed by atoms with Crippen LogP contribution in [-0.4, -0.2) is 142 Å². The van der Waals surface area contributed by atoms with Crippen LogP contribution in [0.4, 0.5) is -0.211 Å². The van der Waals surface area contributed by atoms with Gasteiger partial charge in [-0.15, -0.1) is 0 Å². The zero-order valence-electron chi connectivity index (χ0n) is 4.13. The van der Waals surface area contributed by atoms with Crippen molar-refractivity contribution >= 4 is 153 Å². The number of hydrogen-bond donors (Lipinski definition) is 0. The monoisotopic (exact) mass is 250 g/mol. The molecule has 0 aromatic carbocycles. The van der Waals surface area contributed by atoms with Crippen LogP contribution in [0.25, 0.3) is 0 Å². The summed E-state index contributed by atoms with van der Waals surface area (Å²) in [4.78, 5) is 0. The summed E-state index contributed by atoms with van der Waals surface area (Å²) in [6, 6.07) is 0. The normalized spacial score (nSPS) is 3.50. The van der Waals surface area contributed by atoms with Gasteiger partial charge in [-0.2, -0.15) is 0 Å². The van der Waals surface area contributed by atoms with E-state index >= 15 is 0 Å². The second-order valence-electron chi connectivity index (χ2n) is 0. The molecule has 0 atom stereocenters. The van der Waals surface area contributed by atoms with E-state index in [9.17, 15) is -0.211 Å². The van der Waals surface area contributed by atoms with Crippen LogP contribution in [0, 0.1) is 0 Å². The Balaban J connectivity index is -0.0000000225. The Hall–Kier alpha value is 5.61. The van der Waals surface area contributed by atoms with Crippen LogP contribution in [0.2, 0.25) is 0 Å². The minimum atomic E-state index is -0.438. The van der Waals surface area contributed by atoms with Gasteiger partial charge in [0.25, 0.3) is 0 Å². The average Bonchev–Trinajstić information content (AvgIpc) is 1.81. The molecule has 0 aliphatic carbocycles. The summed E-state index contributed by atoms with van der Waals surface area (Å²) in [6.45, 7) is 3.12. The van der Waals surface area contributed by atoms with E-state index in [0.29, 0.717) is 47.1 Å².